The third-order valence-electron chi connectivity index (χ3n) is 3.07. The standard InChI is InChI=1S/C15H26N2O2/c1-4-9-17(10-5-8-16)12-13-6-7-14(18-2)15(11-13)19-3/h6-7,11H,4-5,8-10,12,16H2,1-3H3. The van der Waals surface area contributed by atoms with Gasteiger partial charge in [0, 0.05) is 6.54 Å². The van der Waals surface area contributed by atoms with Crippen molar-refractivity contribution in [1.82, 2.24) is 4.90 Å². The molecule has 0 radical (unpaired) electrons. The van der Waals surface area contributed by atoms with Crippen LogP contribution in [-0.4, -0.2) is 38.8 Å². The van der Waals surface area contributed by atoms with Crippen LogP contribution in [0.5, 0.6) is 11.5 Å². The van der Waals surface area contributed by atoms with Crippen molar-refractivity contribution in [3.63, 3.8) is 0 Å². The van der Waals surface area contributed by atoms with Crippen molar-refractivity contribution in [3.8, 4) is 11.5 Å². The quantitative estimate of drug-likeness (QED) is 0.745. The highest BCUT2D eigenvalue weighted by Crippen LogP contribution is 2.28. The van der Waals surface area contributed by atoms with Crippen LogP contribution >= 0.6 is 0 Å². The maximum Gasteiger partial charge on any atom is 0.161 e. The minimum absolute atomic E-state index is 0.742. The van der Waals surface area contributed by atoms with Crippen LogP contribution in [0.2, 0.25) is 0 Å². The first-order chi connectivity index (χ1) is 9.24. The van der Waals surface area contributed by atoms with Crippen molar-refractivity contribution in [1.29, 1.82) is 0 Å². The van der Waals surface area contributed by atoms with Gasteiger partial charge < -0.3 is 15.2 Å². The van der Waals surface area contributed by atoms with E-state index in [1.807, 2.05) is 12.1 Å². The summed E-state index contributed by atoms with van der Waals surface area (Å²) in [6.45, 7) is 6.00. The fourth-order valence-electron chi connectivity index (χ4n) is 2.14. The van der Waals surface area contributed by atoms with Crippen molar-refractivity contribution < 1.29 is 9.47 Å². The van der Waals surface area contributed by atoms with E-state index in [9.17, 15) is 0 Å². The highest BCUT2D eigenvalue weighted by molar-refractivity contribution is 5.42. The van der Waals surface area contributed by atoms with E-state index in [1.165, 1.54) is 5.56 Å². The molecular weight excluding hydrogens is 240 g/mol. The zero-order chi connectivity index (χ0) is 14.1. The molecule has 1 aromatic rings. The lowest BCUT2D eigenvalue weighted by molar-refractivity contribution is 0.263. The maximum absolute atomic E-state index is 5.59. The second-order valence-corrected chi connectivity index (χ2v) is 4.61. The molecular formula is C15H26N2O2. The van der Waals surface area contributed by atoms with Crippen LogP contribution in [0.4, 0.5) is 0 Å². The topological polar surface area (TPSA) is 47.7 Å². The molecule has 0 fully saturated rings. The van der Waals surface area contributed by atoms with Gasteiger partial charge in [0.05, 0.1) is 14.2 Å². The maximum atomic E-state index is 5.59. The Morgan fingerprint density at radius 1 is 1.11 bits per heavy atom. The molecule has 4 nitrogen and oxygen atoms in total. The summed E-state index contributed by atoms with van der Waals surface area (Å²) in [7, 11) is 3.32. The number of nitrogens with zero attached hydrogens (tertiary/aromatic N) is 1. The minimum Gasteiger partial charge on any atom is -0.493 e. The average Bonchev–Trinajstić information content (AvgIpc) is 2.44. The van der Waals surface area contributed by atoms with Gasteiger partial charge in [-0.3, -0.25) is 4.90 Å². The molecule has 0 heterocycles. The van der Waals surface area contributed by atoms with Crippen LogP contribution < -0.4 is 15.2 Å². The lowest BCUT2D eigenvalue weighted by Crippen LogP contribution is -2.26. The monoisotopic (exact) mass is 266 g/mol. The molecule has 0 aromatic heterocycles. The Kier molecular flexibility index (Phi) is 7.30. The molecule has 0 aliphatic rings. The molecule has 0 atom stereocenters. The van der Waals surface area contributed by atoms with Crippen LogP contribution in [0.3, 0.4) is 0 Å². The second-order valence-electron chi connectivity index (χ2n) is 4.61. The zero-order valence-corrected chi connectivity index (χ0v) is 12.3. The van der Waals surface area contributed by atoms with Gasteiger partial charge in [-0.2, -0.15) is 0 Å². The van der Waals surface area contributed by atoms with Gasteiger partial charge in [-0.1, -0.05) is 13.0 Å². The summed E-state index contributed by atoms with van der Waals surface area (Å²) in [6, 6.07) is 6.09. The molecule has 0 unspecified atom stereocenters. The Morgan fingerprint density at radius 2 is 1.84 bits per heavy atom. The van der Waals surface area contributed by atoms with Gasteiger partial charge in [0.1, 0.15) is 0 Å². The Labute approximate surface area is 116 Å². The van der Waals surface area contributed by atoms with Crippen molar-refractivity contribution in [2.24, 2.45) is 5.73 Å². The number of methoxy groups -OCH3 is 2. The highest BCUT2D eigenvalue weighted by atomic mass is 16.5. The molecule has 0 aliphatic heterocycles. The zero-order valence-electron chi connectivity index (χ0n) is 12.3. The number of hydrogen-bond donors (Lipinski definition) is 1. The molecule has 0 aliphatic carbocycles. The predicted molar refractivity (Wildman–Crippen MR) is 78.8 cm³/mol. The first-order valence-corrected chi connectivity index (χ1v) is 6.88. The third-order valence-corrected chi connectivity index (χ3v) is 3.07. The molecule has 2 N–H and O–H groups in total. The van der Waals surface area contributed by atoms with Crippen LogP contribution in [0.15, 0.2) is 18.2 Å². The number of hydrogen-bond acceptors (Lipinski definition) is 4. The van der Waals surface area contributed by atoms with Gasteiger partial charge >= 0.3 is 0 Å². The number of nitrogens with two attached hydrogens (primary N) is 1. The van der Waals surface area contributed by atoms with E-state index in [-0.39, 0.29) is 0 Å². The van der Waals surface area contributed by atoms with E-state index in [2.05, 4.69) is 17.9 Å². The second kappa shape index (κ2) is 8.77. The predicted octanol–water partition coefficient (Wildman–Crippen LogP) is 2.26. The Balaban J connectivity index is 2.72. The summed E-state index contributed by atoms with van der Waals surface area (Å²) in [5.41, 5.74) is 6.83. The average molecular weight is 266 g/mol. The molecule has 0 amide bonds. The highest BCUT2D eigenvalue weighted by Gasteiger charge is 2.08. The fraction of sp³-hybridized carbons (Fsp3) is 0.600. The number of ether oxygens (including phenoxy) is 2. The summed E-state index contributed by atoms with van der Waals surface area (Å²) in [5.74, 6) is 1.56. The van der Waals surface area contributed by atoms with Crippen LogP contribution in [-0.2, 0) is 6.54 Å². The number of rotatable bonds is 9. The Hall–Kier alpha value is -1.26. The molecule has 0 spiro atoms. The molecule has 19 heavy (non-hydrogen) atoms. The summed E-state index contributed by atoms with van der Waals surface area (Å²) < 4.78 is 10.6. The van der Waals surface area contributed by atoms with Gasteiger partial charge in [0.25, 0.3) is 0 Å². The van der Waals surface area contributed by atoms with Gasteiger partial charge in [-0.05, 0) is 50.2 Å². The van der Waals surface area contributed by atoms with Gasteiger partial charge in [-0.25, -0.2) is 0 Å². The van der Waals surface area contributed by atoms with Crippen LogP contribution in [0.1, 0.15) is 25.3 Å². The van der Waals surface area contributed by atoms with Crippen molar-refractivity contribution in [2.45, 2.75) is 26.3 Å². The normalized spacial score (nSPS) is 10.8. The van der Waals surface area contributed by atoms with Crippen LogP contribution in [0, 0.1) is 0 Å². The van der Waals surface area contributed by atoms with E-state index < -0.39 is 0 Å². The van der Waals surface area contributed by atoms with Crippen molar-refractivity contribution in [2.75, 3.05) is 33.9 Å². The summed E-state index contributed by atoms with van der Waals surface area (Å²) in [6.07, 6.45) is 2.19. The molecule has 1 rings (SSSR count). The van der Waals surface area contributed by atoms with Gasteiger partial charge in [0.2, 0.25) is 0 Å². The van der Waals surface area contributed by atoms with Gasteiger partial charge in [-0.15, -0.1) is 0 Å². The minimum atomic E-state index is 0.742. The molecule has 0 bridgehead atoms. The molecule has 108 valence electrons. The van der Waals surface area contributed by atoms with E-state index in [0.29, 0.717) is 0 Å². The summed E-state index contributed by atoms with van der Waals surface area (Å²) >= 11 is 0. The summed E-state index contributed by atoms with van der Waals surface area (Å²) in [5, 5.41) is 0. The molecule has 0 saturated heterocycles. The van der Waals surface area contributed by atoms with Crippen molar-refractivity contribution in [3.05, 3.63) is 23.8 Å². The van der Waals surface area contributed by atoms with Crippen LogP contribution in [0.25, 0.3) is 0 Å². The smallest absolute Gasteiger partial charge is 0.161 e. The largest absolute Gasteiger partial charge is 0.493 e. The lowest BCUT2D eigenvalue weighted by Gasteiger charge is -2.22. The summed E-state index contributed by atoms with van der Waals surface area (Å²) in [4.78, 5) is 2.42. The first kappa shape index (κ1) is 15.8. The lowest BCUT2D eigenvalue weighted by atomic mass is 10.1. The number of benzene rings is 1. The first-order valence-electron chi connectivity index (χ1n) is 6.88. The SMILES string of the molecule is CCCN(CCCN)Cc1ccc(OC)c(OC)c1. The molecule has 1 aromatic carbocycles. The Morgan fingerprint density at radius 3 is 2.42 bits per heavy atom. The van der Waals surface area contributed by atoms with E-state index in [0.717, 1.165) is 50.5 Å². The van der Waals surface area contributed by atoms with E-state index in [1.54, 1.807) is 14.2 Å². The third kappa shape index (κ3) is 5.09. The fourth-order valence-corrected chi connectivity index (χ4v) is 2.14. The molecule has 4 heteroatoms. The molecule has 0 saturated carbocycles. The van der Waals surface area contributed by atoms with E-state index >= 15 is 0 Å². The van der Waals surface area contributed by atoms with Gasteiger partial charge in [0.15, 0.2) is 11.5 Å². The van der Waals surface area contributed by atoms with Crippen molar-refractivity contribution >= 4 is 0 Å². The Bertz CT molecular complexity index is 369. The van der Waals surface area contributed by atoms with E-state index in [4.69, 9.17) is 15.2 Å².